The minimum Gasteiger partial charge on any atom is -0.486 e. The van der Waals surface area contributed by atoms with Gasteiger partial charge in [0, 0.05) is 10.9 Å². The molecule has 1 heterocycles. The molecule has 3 rings (SSSR count). The number of ether oxygens (including phenoxy) is 2. The van der Waals surface area contributed by atoms with Crippen molar-refractivity contribution in [3.8, 4) is 11.5 Å². The van der Waals surface area contributed by atoms with E-state index in [0.717, 1.165) is 21.5 Å². The molecule has 2 aromatic rings. The van der Waals surface area contributed by atoms with Crippen LogP contribution in [-0.4, -0.2) is 13.2 Å². The number of fused-ring (bicyclic) bond motifs is 1. The summed E-state index contributed by atoms with van der Waals surface area (Å²) in [7, 11) is 0. The van der Waals surface area contributed by atoms with Crippen molar-refractivity contribution in [1.29, 1.82) is 0 Å². The van der Waals surface area contributed by atoms with Crippen molar-refractivity contribution >= 4 is 15.9 Å². The van der Waals surface area contributed by atoms with Gasteiger partial charge in [-0.2, -0.15) is 0 Å². The molecule has 2 aromatic carbocycles. The number of halogens is 2. The van der Waals surface area contributed by atoms with Crippen molar-refractivity contribution < 1.29 is 13.9 Å². The predicted molar refractivity (Wildman–Crippen MR) is 74.3 cm³/mol. The zero-order valence-corrected chi connectivity index (χ0v) is 11.7. The molecule has 0 amide bonds. The number of hydrogen-bond donors (Lipinski definition) is 0. The van der Waals surface area contributed by atoms with E-state index in [1.807, 2.05) is 18.2 Å². The molecule has 0 N–H and O–H groups in total. The van der Waals surface area contributed by atoms with Gasteiger partial charge in [0.1, 0.15) is 19.0 Å². The van der Waals surface area contributed by atoms with E-state index in [1.54, 1.807) is 12.1 Å². The fraction of sp³-hybridized carbons (Fsp3) is 0.200. The lowest BCUT2D eigenvalue weighted by Gasteiger charge is -2.19. The Bertz CT molecular complexity index is 613. The Balaban J connectivity index is 1.89. The van der Waals surface area contributed by atoms with Crippen molar-refractivity contribution in [2.45, 2.75) is 6.42 Å². The summed E-state index contributed by atoms with van der Waals surface area (Å²) in [4.78, 5) is 0. The standard InChI is InChI=1S/C15H12BrFO2/c16-12-2-3-13(17)11(9-12)7-10-1-4-14-15(8-10)19-6-5-18-14/h1-4,8-9H,5-7H2. The van der Waals surface area contributed by atoms with Gasteiger partial charge in [0.05, 0.1) is 0 Å². The van der Waals surface area contributed by atoms with Crippen LogP contribution in [0.5, 0.6) is 11.5 Å². The van der Waals surface area contributed by atoms with E-state index >= 15 is 0 Å². The third kappa shape index (κ3) is 2.73. The second-order valence-corrected chi connectivity index (χ2v) is 5.31. The Morgan fingerprint density at radius 3 is 2.63 bits per heavy atom. The van der Waals surface area contributed by atoms with Crippen LogP contribution in [0.1, 0.15) is 11.1 Å². The molecule has 4 heteroatoms. The average molecular weight is 323 g/mol. The molecule has 1 aliphatic rings. The van der Waals surface area contributed by atoms with Crippen LogP contribution < -0.4 is 9.47 Å². The molecule has 98 valence electrons. The van der Waals surface area contributed by atoms with Gasteiger partial charge < -0.3 is 9.47 Å². The van der Waals surface area contributed by atoms with Crippen LogP contribution in [0.3, 0.4) is 0 Å². The van der Waals surface area contributed by atoms with Crippen molar-refractivity contribution in [2.75, 3.05) is 13.2 Å². The summed E-state index contributed by atoms with van der Waals surface area (Å²) < 4.78 is 25.6. The zero-order valence-electron chi connectivity index (χ0n) is 10.2. The van der Waals surface area contributed by atoms with Crippen LogP contribution in [-0.2, 0) is 6.42 Å². The third-order valence-corrected chi connectivity index (χ3v) is 3.50. The highest BCUT2D eigenvalue weighted by atomic mass is 79.9. The predicted octanol–water partition coefficient (Wildman–Crippen LogP) is 3.95. The first kappa shape index (κ1) is 12.5. The quantitative estimate of drug-likeness (QED) is 0.833. The van der Waals surface area contributed by atoms with Gasteiger partial charge in [0.25, 0.3) is 0 Å². The van der Waals surface area contributed by atoms with Crippen molar-refractivity contribution in [1.82, 2.24) is 0 Å². The smallest absolute Gasteiger partial charge is 0.161 e. The van der Waals surface area contributed by atoms with Crippen LogP contribution in [0.25, 0.3) is 0 Å². The maximum absolute atomic E-state index is 13.7. The van der Waals surface area contributed by atoms with Gasteiger partial charge in [-0.3, -0.25) is 0 Å². The minimum atomic E-state index is -0.196. The molecule has 0 aromatic heterocycles. The Hall–Kier alpha value is -1.55. The Morgan fingerprint density at radius 2 is 1.79 bits per heavy atom. The molecular weight excluding hydrogens is 311 g/mol. The lowest BCUT2D eigenvalue weighted by molar-refractivity contribution is 0.171. The second kappa shape index (κ2) is 5.21. The first-order valence-corrected chi connectivity index (χ1v) is 6.84. The van der Waals surface area contributed by atoms with Gasteiger partial charge in [-0.05, 0) is 41.5 Å². The fourth-order valence-corrected chi connectivity index (χ4v) is 2.50. The maximum atomic E-state index is 13.7. The molecule has 0 radical (unpaired) electrons. The van der Waals surface area contributed by atoms with E-state index in [1.165, 1.54) is 6.07 Å². The molecule has 19 heavy (non-hydrogen) atoms. The number of benzene rings is 2. The van der Waals surface area contributed by atoms with Gasteiger partial charge >= 0.3 is 0 Å². The van der Waals surface area contributed by atoms with Crippen LogP contribution in [0, 0.1) is 5.82 Å². The minimum absolute atomic E-state index is 0.196. The Labute approximate surface area is 119 Å². The third-order valence-electron chi connectivity index (χ3n) is 3.01. The van der Waals surface area contributed by atoms with Crippen molar-refractivity contribution in [3.05, 3.63) is 57.8 Å². The van der Waals surface area contributed by atoms with Gasteiger partial charge in [0.2, 0.25) is 0 Å². The molecule has 0 saturated carbocycles. The zero-order chi connectivity index (χ0) is 13.2. The normalized spacial score (nSPS) is 13.4. The highest BCUT2D eigenvalue weighted by Gasteiger charge is 2.12. The van der Waals surface area contributed by atoms with Crippen LogP contribution >= 0.6 is 15.9 Å². The summed E-state index contributed by atoms with van der Waals surface area (Å²) in [6.45, 7) is 1.13. The van der Waals surface area contributed by atoms with Gasteiger partial charge in [-0.25, -0.2) is 4.39 Å². The molecule has 0 unspecified atom stereocenters. The second-order valence-electron chi connectivity index (χ2n) is 4.39. The first-order chi connectivity index (χ1) is 9.22. The Morgan fingerprint density at radius 1 is 1.00 bits per heavy atom. The molecule has 0 saturated heterocycles. The lowest BCUT2D eigenvalue weighted by Crippen LogP contribution is -2.15. The van der Waals surface area contributed by atoms with Crippen LogP contribution in [0.4, 0.5) is 4.39 Å². The highest BCUT2D eigenvalue weighted by Crippen LogP contribution is 2.31. The molecule has 0 atom stereocenters. The molecule has 1 aliphatic heterocycles. The lowest BCUT2D eigenvalue weighted by atomic mass is 10.0. The van der Waals surface area contributed by atoms with Gasteiger partial charge in [0.15, 0.2) is 11.5 Å². The topological polar surface area (TPSA) is 18.5 Å². The highest BCUT2D eigenvalue weighted by molar-refractivity contribution is 9.10. The van der Waals surface area contributed by atoms with Crippen molar-refractivity contribution in [3.63, 3.8) is 0 Å². The Kier molecular flexibility index (Phi) is 3.42. The molecule has 0 bridgehead atoms. The molecule has 2 nitrogen and oxygen atoms in total. The van der Waals surface area contributed by atoms with Gasteiger partial charge in [-0.1, -0.05) is 22.0 Å². The average Bonchev–Trinajstić information content (AvgIpc) is 2.43. The summed E-state index contributed by atoms with van der Waals surface area (Å²) in [5, 5.41) is 0. The molecule has 0 fully saturated rings. The van der Waals surface area contributed by atoms with Crippen molar-refractivity contribution in [2.24, 2.45) is 0 Å². The SMILES string of the molecule is Fc1ccc(Br)cc1Cc1ccc2c(c1)OCCO2. The monoisotopic (exact) mass is 322 g/mol. The summed E-state index contributed by atoms with van der Waals surface area (Å²) in [6.07, 6.45) is 0.530. The van der Waals surface area contributed by atoms with E-state index < -0.39 is 0 Å². The first-order valence-electron chi connectivity index (χ1n) is 6.05. The number of hydrogen-bond acceptors (Lipinski definition) is 2. The number of rotatable bonds is 2. The maximum Gasteiger partial charge on any atom is 0.161 e. The molecular formula is C15H12BrFO2. The summed E-state index contributed by atoms with van der Waals surface area (Å²) in [5.74, 6) is 1.29. The summed E-state index contributed by atoms with van der Waals surface area (Å²) in [5.41, 5.74) is 1.66. The molecule has 0 spiro atoms. The van der Waals surface area contributed by atoms with E-state index in [4.69, 9.17) is 9.47 Å². The van der Waals surface area contributed by atoms with E-state index in [2.05, 4.69) is 15.9 Å². The van der Waals surface area contributed by atoms with E-state index in [-0.39, 0.29) is 5.82 Å². The summed E-state index contributed by atoms with van der Waals surface area (Å²) >= 11 is 3.36. The largest absolute Gasteiger partial charge is 0.486 e. The fourth-order valence-electron chi connectivity index (χ4n) is 2.10. The van der Waals surface area contributed by atoms with E-state index in [9.17, 15) is 4.39 Å². The molecule has 0 aliphatic carbocycles. The van der Waals surface area contributed by atoms with Crippen LogP contribution in [0.2, 0.25) is 0 Å². The summed E-state index contributed by atoms with van der Waals surface area (Å²) in [6, 6.07) is 10.7. The van der Waals surface area contributed by atoms with Crippen LogP contribution in [0.15, 0.2) is 40.9 Å². The van der Waals surface area contributed by atoms with Gasteiger partial charge in [-0.15, -0.1) is 0 Å². The van der Waals surface area contributed by atoms with E-state index in [0.29, 0.717) is 25.2 Å².